The fraction of sp³-hybridized carbons (Fsp3) is 0.364. The molecule has 4 aromatic rings. The highest BCUT2D eigenvalue weighted by molar-refractivity contribution is 7.11. The molecule has 5 nitrogen and oxygen atoms in total. The maximum atomic E-state index is 14.4. The third-order valence-electron chi connectivity index (χ3n) is 7.48. The van der Waals surface area contributed by atoms with Crippen molar-refractivity contribution in [3.63, 3.8) is 0 Å². The number of hydrogen-bond acceptors (Lipinski definition) is 5. The van der Waals surface area contributed by atoms with E-state index in [2.05, 4.69) is 39.0 Å². The molecule has 0 N–H and O–H groups in total. The number of pyridine rings is 1. The van der Waals surface area contributed by atoms with Crippen LogP contribution in [0.4, 0.5) is 5.69 Å². The second kappa shape index (κ2) is 12.1. The van der Waals surface area contributed by atoms with Gasteiger partial charge in [0.15, 0.2) is 0 Å². The molecule has 0 aliphatic heterocycles. The van der Waals surface area contributed by atoms with Crippen LogP contribution in [-0.4, -0.2) is 15.9 Å². The van der Waals surface area contributed by atoms with E-state index in [1.807, 2.05) is 60.5 Å². The molecule has 1 unspecified atom stereocenters. The largest absolute Gasteiger partial charge is 0.489 e. The van der Waals surface area contributed by atoms with Crippen molar-refractivity contribution in [1.29, 1.82) is 0 Å². The molecule has 0 saturated heterocycles. The first-order chi connectivity index (χ1) is 18.9. The number of rotatable bonds is 9. The lowest BCUT2D eigenvalue weighted by Crippen LogP contribution is -2.36. The topological polar surface area (TPSA) is 55.3 Å². The van der Waals surface area contributed by atoms with Gasteiger partial charge in [0.25, 0.3) is 0 Å². The normalized spacial score (nSPS) is 14.7. The van der Waals surface area contributed by atoms with E-state index in [0.29, 0.717) is 19.1 Å². The van der Waals surface area contributed by atoms with Gasteiger partial charge in [0.2, 0.25) is 5.91 Å². The van der Waals surface area contributed by atoms with Crippen LogP contribution >= 0.6 is 11.3 Å². The van der Waals surface area contributed by atoms with E-state index in [4.69, 9.17) is 14.7 Å². The van der Waals surface area contributed by atoms with Gasteiger partial charge in [0.1, 0.15) is 12.4 Å². The first-order valence-electron chi connectivity index (χ1n) is 14.0. The molecular formula is C33H37N3O2S. The first kappa shape index (κ1) is 27.1. The van der Waals surface area contributed by atoms with Gasteiger partial charge in [-0.3, -0.25) is 9.78 Å². The van der Waals surface area contributed by atoms with E-state index in [1.165, 1.54) is 0 Å². The molecule has 202 valence electrons. The lowest BCUT2D eigenvalue weighted by Gasteiger charge is -2.31. The fourth-order valence-corrected chi connectivity index (χ4v) is 6.25. The Hall–Kier alpha value is -3.51. The van der Waals surface area contributed by atoms with Crippen molar-refractivity contribution in [2.75, 3.05) is 4.90 Å². The smallest absolute Gasteiger partial charge is 0.234 e. The predicted octanol–water partition coefficient (Wildman–Crippen LogP) is 7.76. The standard InChI is InChI=1S/C33H37N3O2S/c1-5-32-35-23(4)31(39-32)20-36(25-17-18-29(22(2)3)34-19-25)33(37)28-15-9-14-27-26(28)13-10-16-30(27)38-21-24-11-7-6-8-12-24/h6-8,10-13,16-19,22,28H,5,9,14-15,20-21H2,1-4H3. The summed E-state index contributed by atoms with van der Waals surface area (Å²) < 4.78 is 6.28. The van der Waals surface area contributed by atoms with Crippen LogP contribution in [0.25, 0.3) is 0 Å². The minimum atomic E-state index is -0.224. The number of aromatic nitrogens is 2. The molecule has 39 heavy (non-hydrogen) atoms. The van der Waals surface area contributed by atoms with E-state index < -0.39 is 0 Å². The number of hydrogen-bond donors (Lipinski definition) is 0. The number of nitrogens with zero attached hydrogens (tertiary/aromatic N) is 3. The fourth-order valence-electron chi connectivity index (χ4n) is 5.26. The number of aryl methyl sites for hydroxylation is 2. The lowest BCUT2D eigenvalue weighted by atomic mass is 9.81. The highest BCUT2D eigenvalue weighted by Gasteiger charge is 2.33. The molecule has 0 spiro atoms. The van der Waals surface area contributed by atoms with Crippen molar-refractivity contribution >= 4 is 22.9 Å². The molecule has 6 heteroatoms. The number of carbonyl (C=O) groups is 1. The maximum absolute atomic E-state index is 14.4. The number of fused-ring (bicyclic) bond motifs is 1. The summed E-state index contributed by atoms with van der Waals surface area (Å²) in [7, 11) is 0. The van der Waals surface area contributed by atoms with Gasteiger partial charge in [-0.2, -0.15) is 0 Å². The van der Waals surface area contributed by atoms with Gasteiger partial charge >= 0.3 is 0 Å². The van der Waals surface area contributed by atoms with E-state index in [9.17, 15) is 4.79 Å². The molecule has 0 radical (unpaired) electrons. The molecule has 2 aromatic carbocycles. The van der Waals surface area contributed by atoms with Gasteiger partial charge in [-0.25, -0.2) is 4.98 Å². The van der Waals surface area contributed by atoms with Crippen LogP contribution in [0.5, 0.6) is 5.75 Å². The van der Waals surface area contributed by atoms with Gasteiger partial charge in [0.05, 0.1) is 35.0 Å². The summed E-state index contributed by atoms with van der Waals surface area (Å²) in [6.45, 7) is 9.44. The van der Waals surface area contributed by atoms with Gasteiger partial charge < -0.3 is 9.64 Å². The molecule has 5 rings (SSSR count). The Labute approximate surface area is 235 Å². The summed E-state index contributed by atoms with van der Waals surface area (Å²) in [6, 6.07) is 20.5. The zero-order chi connectivity index (χ0) is 27.4. The van der Waals surface area contributed by atoms with Crippen molar-refractivity contribution < 1.29 is 9.53 Å². The zero-order valence-corrected chi connectivity index (χ0v) is 24.1. The minimum Gasteiger partial charge on any atom is -0.489 e. The summed E-state index contributed by atoms with van der Waals surface area (Å²) in [5, 5.41) is 1.10. The van der Waals surface area contributed by atoms with Crippen molar-refractivity contribution in [2.45, 2.75) is 78.4 Å². The number of anilines is 1. The summed E-state index contributed by atoms with van der Waals surface area (Å²) in [4.78, 5) is 26.9. The van der Waals surface area contributed by atoms with Crippen LogP contribution in [0.2, 0.25) is 0 Å². The maximum Gasteiger partial charge on any atom is 0.234 e. The average Bonchev–Trinajstić information content (AvgIpc) is 3.33. The Morgan fingerprint density at radius 2 is 1.92 bits per heavy atom. The molecule has 1 aliphatic carbocycles. The highest BCUT2D eigenvalue weighted by atomic mass is 32.1. The first-order valence-corrected chi connectivity index (χ1v) is 14.8. The summed E-state index contributed by atoms with van der Waals surface area (Å²) in [6.07, 6.45) is 5.44. The molecular weight excluding hydrogens is 502 g/mol. The number of ether oxygens (including phenoxy) is 1. The molecule has 0 saturated carbocycles. The minimum absolute atomic E-state index is 0.112. The second-order valence-electron chi connectivity index (χ2n) is 10.5. The number of thiazole rings is 1. The van der Waals surface area contributed by atoms with Crippen LogP contribution in [0.15, 0.2) is 66.9 Å². The van der Waals surface area contributed by atoms with Crippen LogP contribution in [0.1, 0.15) is 83.4 Å². The summed E-state index contributed by atoms with van der Waals surface area (Å²) >= 11 is 1.70. The number of amides is 1. The van der Waals surface area contributed by atoms with Crippen LogP contribution in [0.3, 0.4) is 0 Å². The second-order valence-corrected chi connectivity index (χ2v) is 11.7. The van der Waals surface area contributed by atoms with Gasteiger partial charge in [-0.05, 0) is 73.4 Å². The summed E-state index contributed by atoms with van der Waals surface area (Å²) in [5.41, 5.74) is 6.24. The quantitative estimate of drug-likeness (QED) is 0.218. The average molecular weight is 540 g/mol. The molecule has 2 aromatic heterocycles. The SMILES string of the molecule is CCc1nc(C)c(CN(C(=O)C2CCCc3c(OCc4ccccc4)cccc32)c2ccc(C(C)C)nc2)s1. The Kier molecular flexibility index (Phi) is 8.41. The Bertz CT molecular complexity index is 1410. The highest BCUT2D eigenvalue weighted by Crippen LogP contribution is 2.39. The van der Waals surface area contributed by atoms with Crippen LogP contribution in [0, 0.1) is 6.92 Å². The van der Waals surface area contributed by atoms with Crippen LogP contribution in [-0.2, 0) is 30.8 Å². The molecule has 0 bridgehead atoms. The molecule has 0 fully saturated rings. The number of carbonyl (C=O) groups excluding carboxylic acids is 1. The van der Waals surface area contributed by atoms with Crippen molar-refractivity contribution in [2.24, 2.45) is 0 Å². The molecule has 2 heterocycles. The Morgan fingerprint density at radius 3 is 2.62 bits per heavy atom. The zero-order valence-electron chi connectivity index (χ0n) is 23.3. The van der Waals surface area contributed by atoms with Crippen LogP contribution < -0.4 is 9.64 Å². The molecule has 1 atom stereocenters. The Morgan fingerprint density at radius 1 is 1.10 bits per heavy atom. The summed E-state index contributed by atoms with van der Waals surface area (Å²) in [5.74, 6) is 1.10. The molecule has 1 amide bonds. The van der Waals surface area contributed by atoms with E-state index in [1.54, 1.807) is 11.3 Å². The lowest BCUT2D eigenvalue weighted by molar-refractivity contribution is -0.120. The van der Waals surface area contributed by atoms with Gasteiger partial charge in [-0.15, -0.1) is 11.3 Å². The third-order valence-corrected chi connectivity index (χ3v) is 8.77. The number of benzene rings is 2. The van der Waals surface area contributed by atoms with E-state index in [-0.39, 0.29) is 11.8 Å². The van der Waals surface area contributed by atoms with Gasteiger partial charge in [-0.1, -0.05) is 63.2 Å². The van der Waals surface area contributed by atoms with Crippen molar-refractivity contribution in [3.05, 3.63) is 105 Å². The van der Waals surface area contributed by atoms with E-state index in [0.717, 1.165) is 75.1 Å². The van der Waals surface area contributed by atoms with Gasteiger partial charge in [0, 0.05) is 10.6 Å². The monoisotopic (exact) mass is 539 g/mol. The Balaban J connectivity index is 1.46. The third kappa shape index (κ3) is 6.06. The predicted molar refractivity (Wildman–Crippen MR) is 159 cm³/mol. The van der Waals surface area contributed by atoms with Crippen molar-refractivity contribution in [3.8, 4) is 5.75 Å². The van der Waals surface area contributed by atoms with Crippen molar-refractivity contribution in [1.82, 2.24) is 9.97 Å². The van der Waals surface area contributed by atoms with E-state index >= 15 is 0 Å². The molecule has 1 aliphatic rings.